The number of hydrogen-bond acceptors (Lipinski definition) is 6. The van der Waals surface area contributed by atoms with E-state index in [9.17, 15) is 14.0 Å². The monoisotopic (exact) mass is 385 g/mol. The van der Waals surface area contributed by atoms with Gasteiger partial charge in [-0.05, 0) is 42.7 Å². The average molecular weight is 385 g/mol. The van der Waals surface area contributed by atoms with Gasteiger partial charge in [0.05, 0.1) is 24.6 Å². The number of halogens is 2. The van der Waals surface area contributed by atoms with E-state index in [1.54, 1.807) is 6.92 Å². The second-order valence-electron chi connectivity index (χ2n) is 6.53. The molecular weight excluding hydrogens is 368 g/mol. The zero-order valence-corrected chi connectivity index (χ0v) is 15.2. The Bertz CT molecular complexity index is 1030. The first-order valence-electron chi connectivity index (χ1n) is 8.56. The third-order valence-corrected chi connectivity index (χ3v) is 4.51. The molecule has 4 rings (SSSR count). The van der Waals surface area contributed by atoms with Gasteiger partial charge in [-0.2, -0.15) is 0 Å². The van der Waals surface area contributed by atoms with Gasteiger partial charge in [0.15, 0.2) is 17.3 Å². The summed E-state index contributed by atoms with van der Waals surface area (Å²) in [5, 5.41) is 11.3. The summed E-state index contributed by atoms with van der Waals surface area (Å²) in [6.45, 7) is 3.98. The lowest BCUT2D eigenvalue weighted by Crippen LogP contribution is -2.25. The molecule has 1 aliphatic heterocycles. The maximum atomic E-state index is 13.2. The highest BCUT2D eigenvalue weighted by Gasteiger charge is 2.43. The van der Waals surface area contributed by atoms with E-state index in [1.807, 2.05) is 31.2 Å². The molecule has 0 saturated carbocycles. The SMILES string of the molecule is Cc1ccccc1CN(O)c1cnc(-c2cc3c(cc2C)OC(F)(F)O3)cn1. The number of aromatic nitrogens is 2. The van der Waals surface area contributed by atoms with Crippen molar-refractivity contribution in [2.75, 3.05) is 5.06 Å². The number of anilines is 1. The van der Waals surface area contributed by atoms with Crippen molar-refractivity contribution >= 4 is 5.82 Å². The fraction of sp³-hybridized carbons (Fsp3) is 0.200. The summed E-state index contributed by atoms with van der Waals surface area (Å²) in [4.78, 5) is 8.55. The van der Waals surface area contributed by atoms with Gasteiger partial charge >= 0.3 is 6.29 Å². The number of hydrogen-bond donors (Lipinski definition) is 1. The maximum Gasteiger partial charge on any atom is 0.586 e. The zero-order chi connectivity index (χ0) is 19.9. The fourth-order valence-corrected chi connectivity index (χ4v) is 3.00. The van der Waals surface area contributed by atoms with Crippen molar-refractivity contribution in [3.63, 3.8) is 0 Å². The largest absolute Gasteiger partial charge is 0.586 e. The molecule has 1 aromatic heterocycles. The van der Waals surface area contributed by atoms with Crippen molar-refractivity contribution in [1.82, 2.24) is 9.97 Å². The van der Waals surface area contributed by atoms with Crippen molar-refractivity contribution in [3.05, 3.63) is 65.5 Å². The minimum atomic E-state index is -3.67. The first-order valence-corrected chi connectivity index (χ1v) is 8.56. The Labute approximate surface area is 160 Å². The topological polar surface area (TPSA) is 67.7 Å². The van der Waals surface area contributed by atoms with E-state index in [2.05, 4.69) is 19.4 Å². The van der Waals surface area contributed by atoms with Crippen LogP contribution in [0.4, 0.5) is 14.6 Å². The lowest BCUT2D eigenvalue weighted by Gasteiger charge is -2.17. The molecule has 0 radical (unpaired) electrons. The van der Waals surface area contributed by atoms with E-state index < -0.39 is 6.29 Å². The Kier molecular flexibility index (Phi) is 4.35. The van der Waals surface area contributed by atoms with Crippen LogP contribution in [0.15, 0.2) is 48.8 Å². The summed E-state index contributed by atoms with van der Waals surface area (Å²) >= 11 is 0. The van der Waals surface area contributed by atoms with Crippen LogP contribution < -0.4 is 14.5 Å². The molecule has 2 heterocycles. The molecule has 1 N–H and O–H groups in total. The predicted octanol–water partition coefficient (Wildman–Crippen LogP) is 4.48. The molecule has 0 bridgehead atoms. The van der Waals surface area contributed by atoms with Crippen LogP contribution >= 0.6 is 0 Å². The molecule has 0 spiro atoms. The zero-order valence-electron chi connectivity index (χ0n) is 15.2. The van der Waals surface area contributed by atoms with Crippen LogP contribution in [0.3, 0.4) is 0 Å². The van der Waals surface area contributed by atoms with Gasteiger partial charge in [0.2, 0.25) is 0 Å². The van der Waals surface area contributed by atoms with Crippen LogP contribution in [0.2, 0.25) is 0 Å². The number of nitrogens with zero attached hydrogens (tertiary/aromatic N) is 3. The maximum absolute atomic E-state index is 13.2. The van der Waals surface area contributed by atoms with Gasteiger partial charge in [0.25, 0.3) is 0 Å². The normalized spacial score (nSPS) is 14.2. The smallest absolute Gasteiger partial charge is 0.395 e. The Morgan fingerprint density at radius 1 is 1.00 bits per heavy atom. The molecular formula is C20H17F2N3O3. The molecule has 0 unspecified atom stereocenters. The lowest BCUT2D eigenvalue weighted by atomic mass is 10.1. The van der Waals surface area contributed by atoms with E-state index >= 15 is 0 Å². The number of hydroxylamine groups is 1. The number of aryl methyl sites for hydroxylation is 2. The molecule has 3 aromatic rings. The lowest BCUT2D eigenvalue weighted by molar-refractivity contribution is -0.286. The fourth-order valence-electron chi connectivity index (χ4n) is 3.00. The minimum absolute atomic E-state index is 0.0180. The molecule has 2 aromatic carbocycles. The Balaban J connectivity index is 1.57. The molecule has 28 heavy (non-hydrogen) atoms. The van der Waals surface area contributed by atoms with Crippen LogP contribution in [0.5, 0.6) is 11.5 Å². The van der Waals surface area contributed by atoms with E-state index in [4.69, 9.17) is 0 Å². The highest BCUT2D eigenvalue weighted by Crippen LogP contribution is 2.44. The molecule has 0 atom stereocenters. The number of fused-ring (bicyclic) bond motifs is 1. The van der Waals surface area contributed by atoms with Gasteiger partial charge in [0.1, 0.15) is 0 Å². The molecule has 1 aliphatic rings. The van der Waals surface area contributed by atoms with Crippen LogP contribution in [0.25, 0.3) is 11.3 Å². The van der Waals surface area contributed by atoms with Crippen LogP contribution in [-0.2, 0) is 6.54 Å². The Morgan fingerprint density at radius 3 is 2.39 bits per heavy atom. The van der Waals surface area contributed by atoms with Crippen molar-refractivity contribution in [3.8, 4) is 22.8 Å². The van der Waals surface area contributed by atoms with Gasteiger partial charge in [0, 0.05) is 5.56 Å². The van der Waals surface area contributed by atoms with Gasteiger partial charge in [-0.1, -0.05) is 24.3 Å². The van der Waals surface area contributed by atoms with Gasteiger partial charge in [-0.3, -0.25) is 10.2 Å². The number of rotatable bonds is 4. The highest BCUT2D eigenvalue weighted by molar-refractivity contribution is 5.68. The van der Waals surface area contributed by atoms with Crippen molar-refractivity contribution in [1.29, 1.82) is 0 Å². The average Bonchev–Trinajstić information content (AvgIpc) is 2.96. The van der Waals surface area contributed by atoms with Gasteiger partial charge in [-0.15, -0.1) is 8.78 Å². The highest BCUT2D eigenvalue weighted by atomic mass is 19.3. The minimum Gasteiger partial charge on any atom is -0.395 e. The summed E-state index contributed by atoms with van der Waals surface area (Å²) in [7, 11) is 0. The van der Waals surface area contributed by atoms with Gasteiger partial charge in [-0.25, -0.2) is 10.0 Å². The Hall–Kier alpha value is -3.26. The summed E-state index contributed by atoms with van der Waals surface area (Å²) in [5.74, 6) is 0.201. The Morgan fingerprint density at radius 2 is 1.71 bits per heavy atom. The molecule has 0 fully saturated rings. The van der Waals surface area contributed by atoms with E-state index in [0.717, 1.165) is 16.2 Å². The second-order valence-corrected chi connectivity index (χ2v) is 6.53. The third kappa shape index (κ3) is 3.46. The third-order valence-electron chi connectivity index (χ3n) is 4.51. The quantitative estimate of drug-likeness (QED) is 0.668. The number of ether oxygens (including phenoxy) is 2. The number of alkyl halides is 2. The standard InChI is InChI=1S/C20H17F2N3O3/c1-12-5-3-4-6-14(12)11-25(26)19-10-23-16(9-24-19)15-8-18-17(7-13(15)2)27-20(21,22)28-18/h3-10,26H,11H2,1-2H3. The first kappa shape index (κ1) is 18.1. The van der Waals surface area contributed by atoms with Crippen molar-refractivity contribution in [2.45, 2.75) is 26.7 Å². The van der Waals surface area contributed by atoms with Crippen LogP contribution in [0, 0.1) is 13.8 Å². The molecule has 144 valence electrons. The molecule has 0 saturated heterocycles. The van der Waals surface area contributed by atoms with E-state index in [-0.39, 0.29) is 23.9 Å². The van der Waals surface area contributed by atoms with E-state index in [1.165, 1.54) is 24.5 Å². The van der Waals surface area contributed by atoms with E-state index in [0.29, 0.717) is 16.8 Å². The predicted molar refractivity (Wildman–Crippen MR) is 97.6 cm³/mol. The number of benzene rings is 2. The van der Waals surface area contributed by atoms with Crippen LogP contribution in [-0.4, -0.2) is 21.5 Å². The molecule has 8 heteroatoms. The molecule has 6 nitrogen and oxygen atoms in total. The summed E-state index contributed by atoms with van der Waals surface area (Å²) in [5.41, 5.74) is 3.75. The van der Waals surface area contributed by atoms with Crippen molar-refractivity contribution in [2.24, 2.45) is 0 Å². The summed E-state index contributed by atoms with van der Waals surface area (Å²) < 4.78 is 35.4. The molecule has 0 amide bonds. The van der Waals surface area contributed by atoms with Crippen LogP contribution in [0.1, 0.15) is 16.7 Å². The second kappa shape index (κ2) is 6.72. The summed E-state index contributed by atoms with van der Waals surface area (Å²) in [6.07, 6.45) is -0.777. The summed E-state index contributed by atoms with van der Waals surface area (Å²) in [6, 6.07) is 10.6. The first-order chi connectivity index (χ1) is 13.3. The van der Waals surface area contributed by atoms with Crippen molar-refractivity contribution < 1.29 is 23.5 Å². The molecule has 0 aliphatic carbocycles. The van der Waals surface area contributed by atoms with Gasteiger partial charge < -0.3 is 9.47 Å².